The summed E-state index contributed by atoms with van der Waals surface area (Å²) < 4.78 is 0. The van der Waals surface area contributed by atoms with Crippen LogP contribution in [0.3, 0.4) is 0 Å². The highest BCUT2D eigenvalue weighted by molar-refractivity contribution is 6.09. The van der Waals surface area contributed by atoms with Crippen molar-refractivity contribution in [3.63, 3.8) is 0 Å². The van der Waals surface area contributed by atoms with Gasteiger partial charge in [0.25, 0.3) is 0 Å². The highest BCUT2D eigenvalue weighted by atomic mass is 14.9. The van der Waals surface area contributed by atoms with E-state index >= 15 is 0 Å². The summed E-state index contributed by atoms with van der Waals surface area (Å²) >= 11 is 0. The Morgan fingerprint density at radius 2 is 0.950 bits per heavy atom. The summed E-state index contributed by atoms with van der Waals surface area (Å²) in [7, 11) is 0. The molecule has 0 spiro atoms. The van der Waals surface area contributed by atoms with Crippen molar-refractivity contribution < 1.29 is 0 Å². The maximum absolute atomic E-state index is 5.39. The van der Waals surface area contributed by atoms with E-state index in [4.69, 9.17) is 19.9 Å². The zero-order valence-electron chi connectivity index (χ0n) is 32.8. The van der Waals surface area contributed by atoms with E-state index < -0.39 is 0 Å². The van der Waals surface area contributed by atoms with Crippen LogP contribution in [0.25, 0.3) is 94.6 Å². The van der Waals surface area contributed by atoms with E-state index in [1.165, 1.54) is 21.9 Å². The van der Waals surface area contributed by atoms with Crippen LogP contribution < -0.4 is 0 Å². The second-order valence-corrected chi connectivity index (χ2v) is 15.4. The zero-order valence-corrected chi connectivity index (χ0v) is 32.8. The topological polar surface area (TPSA) is 51.6 Å². The third-order valence-corrected chi connectivity index (χ3v) is 11.6. The predicted molar refractivity (Wildman–Crippen MR) is 248 cm³/mol. The number of hydrogen-bond acceptors (Lipinski definition) is 4. The van der Waals surface area contributed by atoms with Gasteiger partial charge in [0.15, 0.2) is 5.82 Å². The third kappa shape index (κ3) is 6.74. The first-order chi connectivity index (χ1) is 29.7. The van der Waals surface area contributed by atoms with Crippen LogP contribution in [-0.4, -0.2) is 19.9 Å². The van der Waals surface area contributed by atoms with Crippen LogP contribution in [-0.2, 0) is 0 Å². The molecule has 0 radical (unpaired) electrons. The van der Waals surface area contributed by atoms with Crippen molar-refractivity contribution >= 4 is 38.2 Å². The van der Waals surface area contributed by atoms with Crippen molar-refractivity contribution in [2.24, 2.45) is 0 Å². The SMILES string of the molecule is C1=CC(c2ccc(-c3nc(-c4ccccc4)cc(-c4ccccc4)n3)cc2)CC=C1c1cc(-c2ccc3ccccc3c2)nc2c1ccc1ccc(-c3ccccc3)nc12. The molecule has 60 heavy (non-hydrogen) atoms. The maximum Gasteiger partial charge on any atom is 0.160 e. The van der Waals surface area contributed by atoms with E-state index in [9.17, 15) is 0 Å². The maximum atomic E-state index is 5.39. The fraction of sp³-hybridized carbons (Fsp3) is 0.0357. The van der Waals surface area contributed by atoms with Gasteiger partial charge < -0.3 is 0 Å². The summed E-state index contributed by atoms with van der Waals surface area (Å²) in [6.45, 7) is 0. The van der Waals surface area contributed by atoms with Gasteiger partial charge >= 0.3 is 0 Å². The molecular formula is C56H38N4. The average Bonchev–Trinajstić information content (AvgIpc) is 3.34. The Labute approximate surface area is 349 Å². The molecule has 0 saturated heterocycles. The first-order valence-electron chi connectivity index (χ1n) is 20.5. The normalized spacial score (nSPS) is 13.8. The Bertz CT molecular complexity index is 3210. The number of allylic oxidation sites excluding steroid dienone is 4. The number of aromatic nitrogens is 4. The van der Waals surface area contributed by atoms with Gasteiger partial charge in [-0.2, -0.15) is 0 Å². The van der Waals surface area contributed by atoms with Crippen LogP contribution in [0.2, 0.25) is 0 Å². The van der Waals surface area contributed by atoms with Crippen molar-refractivity contribution in [1.29, 1.82) is 0 Å². The van der Waals surface area contributed by atoms with E-state index in [0.29, 0.717) is 5.82 Å². The molecule has 3 heterocycles. The number of pyridine rings is 2. The van der Waals surface area contributed by atoms with Crippen molar-refractivity contribution in [2.45, 2.75) is 12.3 Å². The molecule has 10 aromatic rings. The van der Waals surface area contributed by atoms with Gasteiger partial charge in [0.1, 0.15) is 0 Å². The number of nitrogens with zero attached hydrogens (tertiary/aromatic N) is 4. The number of benzene rings is 7. The van der Waals surface area contributed by atoms with Crippen LogP contribution >= 0.6 is 0 Å². The minimum Gasteiger partial charge on any atom is -0.245 e. The lowest BCUT2D eigenvalue weighted by atomic mass is 9.86. The van der Waals surface area contributed by atoms with E-state index in [1.807, 2.05) is 42.5 Å². The molecule has 0 amide bonds. The first-order valence-corrected chi connectivity index (χ1v) is 20.5. The van der Waals surface area contributed by atoms with Crippen LogP contribution in [0.5, 0.6) is 0 Å². The summed E-state index contributed by atoms with van der Waals surface area (Å²) in [5.41, 5.74) is 14.4. The molecule has 4 heteroatoms. The quantitative estimate of drug-likeness (QED) is 0.152. The lowest BCUT2D eigenvalue weighted by molar-refractivity contribution is 0.857. The molecule has 7 aromatic carbocycles. The van der Waals surface area contributed by atoms with Gasteiger partial charge in [0.05, 0.1) is 33.8 Å². The molecule has 0 N–H and O–H groups in total. The molecule has 4 nitrogen and oxygen atoms in total. The van der Waals surface area contributed by atoms with E-state index in [0.717, 1.165) is 84.4 Å². The Balaban J connectivity index is 0.951. The van der Waals surface area contributed by atoms with Gasteiger partial charge in [-0.1, -0.05) is 188 Å². The van der Waals surface area contributed by atoms with Crippen molar-refractivity contribution in [2.75, 3.05) is 0 Å². The Hall–Kier alpha value is -7.82. The fourth-order valence-corrected chi connectivity index (χ4v) is 8.41. The smallest absolute Gasteiger partial charge is 0.160 e. The third-order valence-electron chi connectivity index (χ3n) is 11.6. The average molecular weight is 767 g/mol. The minimum atomic E-state index is 0.239. The predicted octanol–water partition coefficient (Wildman–Crippen LogP) is 14.2. The van der Waals surface area contributed by atoms with Crippen molar-refractivity contribution in [1.82, 2.24) is 19.9 Å². The highest BCUT2D eigenvalue weighted by Crippen LogP contribution is 2.38. The molecule has 3 aromatic heterocycles. The van der Waals surface area contributed by atoms with Gasteiger partial charge in [0.2, 0.25) is 0 Å². The fourth-order valence-electron chi connectivity index (χ4n) is 8.41. The number of rotatable bonds is 7. The molecule has 0 bridgehead atoms. The first kappa shape index (κ1) is 35.4. The largest absolute Gasteiger partial charge is 0.245 e. The molecule has 1 unspecified atom stereocenters. The summed E-state index contributed by atoms with van der Waals surface area (Å²) in [5.74, 6) is 0.955. The highest BCUT2D eigenvalue weighted by Gasteiger charge is 2.19. The van der Waals surface area contributed by atoms with Crippen molar-refractivity contribution in [3.05, 3.63) is 223 Å². The monoisotopic (exact) mass is 766 g/mol. The van der Waals surface area contributed by atoms with E-state index in [2.05, 4.69) is 170 Å². The summed E-state index contributed by atoms with van der Waals surface area (Å²) in [4.78, 5) is 20.7. The standard InChI is InChI=1S/C56H38N4/c1-4-13-41(14-5-1)50-33-31-44-30-32-48-49(35-51(58-55(48)54(44)57-50)47-29-24-37-12-10-11-19-46(37)34-47)40-25-20-38(21-26-40)39-22-27-45(28-23-39)56-59-52(42-15-6-2-7-16-42)36-53(60-56)43-17-8-3-9-18-43/h1-20,22-36,38H,21H2. The minimum absolute atomic E-state index is 0.239. The number of hydrogen-bond donors (Lipinski definition) is 0. The lowest BCUT2D eigenvalue weighted by Crippen LogP contribution is -2.01. The summed E-state index contributed by atoms with van der Waals surface area (Å²) in [5, 5.41) is 4.57. The lowest BCUT2D eigenvalue weighted by Gasteiger charge is -2.19. The molecule has 11 rings (SSSR count). The zero-order chi connectivity index (χ0) is 39.8. The van der Waals surface area contributed by atoms with Crippen LogP contribution in [0.1, 0.15) is 23.5 Å². The second-order valence-electron chi connectivity index (χ2n) is 15.4. The molecule has 0 saturated carbocycles. The van der Waals surface area contributed by atoms with Crippen LogP contribution in [0.4, 0.5) is 0 Å². The molecule has 1 aliphatic rings. The molecule has 0 fully saturated rings. The van der Waals surface area contributed by atoms with Crippen molar-refractivity contribution in [3.8, 4) is 56.4 Å². The van der Waals surface area contributed by atoms with Gasteiger partial charge in [0, 0.05) is 44.5 Å². The summed E-state index contributed by atoms with van der Waals surface area (Å²) in [6, 6.07) is 67.9. The van der Waals surface area contributed by atoms with Gasteiger partial charge in [-0.15, -0.1) is 0 Å². The Kier molecular flexibility index (Phi) is 8.94. The van der Waals surface area contributed by atoms with Crippen LogP contribution in [0.15, 0.2) is 212 Å². The van der Waals surface area contributed by atoms with E-state index in [-0.39, 0.29) is 5.92 Å². The summed E-state index contributed by atoms with van der Waals surface area (Å²) in [6.07, 6.45) is 7.90. The molecule has 282 valence electrons. The van der Waals surface area contributed by atoms with Crippen LogP contribution in [0, 0.1) is 0 Å². The molecule has 1 atom stereocenters. The van der Waals surface area contributed by atoms with Gasteiger partial charge in [-0.25, -0.2) is 19.9 Å². The molecule has 1 aliphatic carbocycles. The number of fused-ring (bicyclic) bond motifs is 4. The van der Waals surface area contributed by atoms with Gasteiger partial charge in [-0.3, -0.25) is 0 Å². The molecule has 0 aliphatic heterocycles. The molecular weight excluding hydrogens is 729 g/mol. The Morgan fingerprint density at radius 1 is 0.383 bits per heavy atom. The van der Waals surface area contributed by atoms with E-state index in [1.54, 1.807) is 0 Å². The van der Waals surface area contributed by atoms with Gasteiger partial charge in [-0.05, 0) is 58.2 Å². The second kappa shape index (κ2) is 15.2. The Morgan fingerprint density at radius 3 is 1.62 bits per heavy atom.